The second-order valence-electron chi connectivity index (χ2n) is 4.04. The summed E-state index contributed by atoms with van der Waals surface area (Å²) < 4.78 is 15.4. The van der Waals surface area contributed by atoms with Crippen LogP contribution in [0.4, 0.5) is 0 Å². The molecule has 0 saturated heterocycles. The van der Waals surface area contributed by atoms with Gasteiger partial charge in [-0.15, -0.1) is 0 Å². The minimum atomic E-state index is -0.227. The summed E-state index contributed by atoms with van der Waals surface area (Å²) in [7, 11) is 4.90. The molecule has 0 atom stereocenters. The van der Waals surface area contributed by atoms with Crippen LogP contribution in [0.25, 0.3) is 11.3 Å². The molecule has 1 N–H and O–H groups in total. The van der Waals surface area contributed by atoms with Crippen LogP contribution in [0, 0.1) is 0 Å². The van der Waals surface area contributed by atoms with Gasteiger partial charge in [0.05, 0.1) is 24.8 Å². The Hall–Kier alpha value is -1.50. The van der Waals surface area contributed by atoms with Crippen molar-refractivity contribution in [2.45, 2.75) is 11.4 Å². The summed E-state index contributed by atoms with van der Waals surface area (Å²) in [6.45, 7) is 0. The van der Waals surface area contributed by atoms with Crippen LogP contribution in [0.15, 0.2) is 35.6 Å². The lowest BCUT2D eigenvalue weighted by Gasteiger charge is -2.11. The van der Waals surface area contributed by atoms with Gasteiger partial charge < -0.3 is 19.2 Å². The SMILES string of the molecule is COc1ccc(-c2cnc(SCC(OC)OC)[nH]2)cc1. The summed E-state index contributed by atoms with van der Waals surface area (Å²) in [5, 5.41) is 0.843. The standard InChI is InChI=1S/C14H18N2O3S/c1-17-11-6-4-10(5-7-11)12-8-15-14(16-12)20-9-13(18-2)19-3/h4-8,13H,9H2,1-3H3,(H,15,16). The quantitative estimate of drug-likeness (QED) is 0.628. The second kappa shape index (κ2) is 7.33. The third-order valence-corrected chi connectivity index (χ3v) is 3.76. The zero-order valence-electron chi connectivity index (χ0n) is 11.8. The van der Waals surface area contributed by atoms with E-state index in [0.29, 0.717) is 5.75 Å². The summed E-state index contributed by atoms with van der Waals surface area (Å²) in [4.78, 5) is 7.61. The highest BCUT2D eigenvalue weighted by molar-refractivity contribution is 7.99. The van der Waals surface area contributed by atoms with Gasteiger partial charge >= 0.3 is 0 Å². The lowest BCUT2D eigenvalue weighted by molar-refractivity contribution is -0.0842. The van der Waals surface area contributed by atoms with E-state index in [1.54, 1.807) is 33.1 Å². The molecule has 0 fully saturated rings. The predicted molar refractivity (Wildman–Crippen MR) is 79.1 cm³/mol. The van der Waals surface area contributed by atoms with Crippen molar-refractivity contribution in [3.05, 3.63) is 30.5 Å². The maximum absolute atomic E-state index is 5.14. The molecular weight excluding hydrogens is 276 g/mol. The van der Waals surface area contributed by atoms with Gasteiger partial charge in [-0.25, -0.2) is 4.98 Å². The van der Waals surface area contributed by atoms with Crippen LogP contribution in [0.2, 0.25) is 0 Å². The number of imidazole rings is 1. The maximum atomic E-state index is 5.14. The predicted octanol–water partition coefficient (Wildman–Crippen LogP) is 2.80. The molecule has 0 spiro atoms. The molecule has 1 heterocycles. The first-order valence-corrected chi connectivity index (χ1v) is 7.13. The highest BCUT2D eigenvalue weighted by Gasteiger charge is 2.09. The van der Waals surface area contributed by atoms with Gasteiger partial charge in [-0.05, 0) is 29.8 Å². The van der Waals surface area contributed by atoms with Crippen molar-refractivity contribution in [2.24, 2.45) is 0 Å². The Morgan fingerprint density at radius 2 is 1.85 bits per heavy atom. The van der Waals surface area contributed by atoms with Crippen molar-refractivity contribution in [2.75, 3.05) is 27.1 Å². The van der Waals surface area contributed by atoms with Gasteiger partial charge in [0, 0.05) is 14.2 Å². The number of ether oxygens (including phenoxy) is 3. The van der Waals surface area contributed by atoms with Gasteiger partial charge in [0.1, 0.15) is 5.75 Å². The molecule has 20 heavy (non-hydrogen) atoms. The molecule has 0 radical (unpaired) electrons. The van der Waals surface area contributed by atoms with Gasteiger partial charge in [-0.1, -0.05) is 11.8 Å². The molecule has 108 valence electrons. The van der Waals surface area contributed by atoms with Crippen LogP contribution in [0.5, 0.6) is 5.75 Å². The van der Waals surface area contributed by atoms with Crippen LogP contribution in [0.3, 0.4) is 0 Å². The zero-order valence-corrected chi connectivity index (χ0v) is 12.6. The molecule has 0 bridgehead atoms. The van der Waals surface area contributed by atoms with Crippen molar-refractivity contribution < 1.29 is 14.2 Å². The Balaban J connectivity index is 2.00. The molecule has 2 rings (SSSR count). The summed E-state index contributed by atoms with van der Waals surface area (Å²) in [5.41, 5.74) is 2.04. The Morgan fingerprint density at radius 3 is 2.45 bits per heavy atom. The minimum Gasteiger partial charge on any atom is -0.497 e. The number of aromatic nitrogens is 2. The van der Waals surface area contributed by atoms with Crippen molar-refractivity contribution in [3.8, 4) is 17.0 Å². The molecule has 1 aromatic carbocycles. The number of rotatable bonds is 7. The molecule has 5 nitrogen and oxygen atoms in total. The van der Waals surface area contributed by atoms with E-state index in [0.717, 1.165) is 22.2 Å². The fraction of sp³-hybridized carbons (Fsp3) is 0.357. The van der Waals surface area contributed by atoms with E-state index in [9.17, 15) is 0 Å². The average Bonchev–Trinajstić information content (AvgIpc) is 2.97. The average molecular weight is 294 g/mol. The van der Waals surface area contributed by atoms with E-state index in [4.69, 9.17) is 14.2 Å². The fourth-order valence-corrected chi connectivity index (χ4v) is 2.55. The highest BCUT2D eigenvalue weighted by Crippen LogP contribution is 2.24. The lowest BCUT2D eigenvalue weighted by atomic mass is 10.2. The number of nitrogens with zero attached hydrogens (tertiary/aromatic N) is 1. The largest absolute Gasteiger partial charge is 0.497 e. The zero-order chi connectivity index (χ0) is 14.4. The first-order chi connectivity index (χ1) is 9.76. The van der Waals surface area contributed by atoms with E-state index in [2.05, 4.69) is 9.97 Å². The highest BCUT2D eigenvalue weighted by atomic mass is 32.2. The third-order valence-electron chi connectivity index (χ3n) is 2.84. The minimum absolute atomic E-state index is 0.227. The Labute approximate surface area is 122 Å². The number of hydrogen-bond acceptors (Lipinski definition) is 5. The topological polar surface area (TPSA) is 56.4 Å². The molecule has 1 aromatic heterocycles. The normalized spacial score (nSPS) is 11.0. The van der Waals surface area contributed by atoms with Crippen molar-refractivity contribution >= 4 is 11.8 Å². The molecule has 0 saturated carbocycles. The fourth-order valence-electron chi connectivity index (χ4n) is 1.67. The number of hydrogen-bond donors (Lipinski definition) is 1. The van der Waals surface area contributed by atoms with Crippen LogP contribution in [-0.2, 0) is 9.47 Å². The van der Waals surface area contributed by atoms with Gasteiger partial charge in [-0.2, -0.15) is 0 Å². The van der Waals surface area contributed by atoms with E-state index in [1.807, 2.05) is 30.5 Å². The van der Waals surface area contributed by atoms with Crippen LogP contribution in [0.1, 0.15) is 0 Å². The summed E-state index contributed by atoms with van der Waals surface area (Å²) >= 11 is 1.56. The van der Waals surface area contributed by atoms with Gasteiger partial charge in [-0.3, -0.25) is 0 Å². The molecule has 0 aliphatic carbocycles. The van der Waals surface area contributed by atoms with Gasteiger partial charge in [0.15, 0.2) is 11.4 Å². The first-order valence-electron chi connectivity index (χ1n) is 6.14. The molecule has 0 unspecified atom stereocenters. The van der Waals surface area contributed by atoms with E-state index < -0.39 is 0 Å². The Kier molecular flexibility index (Phi) is 5.46. The van der Waals surface area contributed by atoms with Crippen LogP contribution >= 0.6 is 11.8 Å². The van der Waals surface area contributed by atoms with E-state index >= 15 is 0 Å². The van der Waals surface area contributed by atoms with Crippen molar-refractivity contribution in [1.29, 1.82) is 0 Å². The lowest BCUT2D eigenvalue weighted by Crippen LogP contribution is -2.15. The summed E-state index contributed by atoms with van der Waals surface area (Å²) in [5.74, 6) is 1.52. The Bertz CT molecular complexity index is 523. The molecule has 6 heteroatoms. The first kappa shape index (κ1) is 14.9. The summed E-state index contributed by atoms with van der Waals surface area (Å²) in [6.07, 6.45) is 1.59. The maximum Gasteiger partial charge on any atom is 0.166 e. The van der Waals surface area contributed by atoms with E-state index in [-0.39, 0.29) is 6.29 Å². The molecule has 0 aliphatic heterocycles. The molecular formula is C14H18N2O3S. The number of methoxy groups -OCH3 is 3. The van der Waals surface area contributed by atoms with E-state index in [1.165, 1.54) is 0 Å². The van der Waals surface area contributed by atoms with Crippen molar-refractivity contribution in [3.63, 3.8) is 0 Å². The smallest absolute Gasteiger partial charge is 0.166 e. The van der Waals surface area contributed by atoms with Crippen LogP contribution in [-0.4, -0.2) is 43.3 Å². The second-order valence-corrected chi connectivity index (χ2v) is 5.05. The molecule has 0 aliphatic rings. The van der Waals surface area contributed by atoms with Gasteiger partial charge in [0.2, 0.25) is 0 Å². The number of nitrogens with one attached hydrogen (secondary N) is 1. The third kappa shape index (κ3) is 3.75. The Morgan fingerprint density at radius 1 is 1.15 bits per heavy atom. The summed E-state index contributed by atoms with van der Waals surface area (Å²) in [6, 6.07) is 7.84. The number of benzene rings is 1. The number of aromatic amines is 1. The number of H-pyrrole nitrogens is 1. The van der Waals surface area contributed by atoms with Crippen molar-refractivity contribution in [1.82, 2.24) is 9.97 Å². The monoisotopic (exact) mass is 294 g/mol. The van der Waals surface area contributed by atoms with Gasteiger partial charge in [0.25, 0.3) is 0 Å². The number of thioether (sulfide) groups is 1. The van der Waals surface area contributed by atoms with Crippen LogP contribution < -0.4 is 4.74 Å². The molecule has 2 aromatic rings. The molecule has 0 amide bonds.